The van der Waals surface area contributed by atoms with Crippen LogP contribution in [0.25, 0.3) is 0 Å². The maximum Gasteiger partial charge on any atom is 0.146 e. The van der Waals surface area contributed by atoms with E-state index >= 15 is 0 Å². The summed E-state index contributed by atoms with van der Waals surface area (Å²) in [6.07, 6.45) is 1.60. The van der Waals surface area contributed by atoms with Crippen molar-refractivity contribution < 1.29 is 13.5 Å². The van der Waals surface area contributed by atoms with Gasteiger partial charge in [-0.1, -0.05) is 6.92 Å². The molecular formula is C14H16FNO2. The van der Waals surface area contributed by atoms with Crippen LogP contribution in [0, 0.1) is 5.82 Å². The van der Waals surface area contributed by atoms with Crippen molar-refractivity contribution in [2.24, 2.45) is 0 Å². The van der Waals surface area contributed by atoms with E-state index in [1.165, 1.54) is 12.1 Å². The summed E-state index contributed by atoms with van der Waals surface area (Å²) in [5.41, 5.74) is 0.809. The predicted octanol–water partition coefficient (Wildman–Crippen LogP) is 3.11. The quantitative estimate of drug-likeness (QED) is 0.854. The zero-order valence-electron chi connectivity index (χ0n) is 10.3. The van der Waals surface area contributed by atoms with E-state index in [2.05, 4.69) is 5.32 Å². The highest BCUT2D eigenvalue weighted by Crippen LogP contribution is 2.21. The first-order valence-corrected chi connectivity index (χ1v) is 5.94. The molecule has 2 rings (SSSR count). The van der Waals surface area contributed by atoms with E-state index in [9.17, 15) is 4.39 Å². The molecule has 0 amide bonds. The Kier molecular flexibility index (Phi) is 4.36. The first-order valence-electron chi connectivity index (χ1n) is 5.94. The minimum absolute atomic E-state index is 0.256. The van der Waals surface area contributed by atoms with Gasteiger partial charge in [-0.3, -0.25) is 0 Å². The highest BCUT2D eigenvalue weighted by atomic mass is 19.1. The Bertz CT molecular complexity index is 483. The van der Waals surface area contributed by atoms with Crippen molar-refractivity contribution in [3.8, 4) is 5.75 Å². The lowest BCUT2D eigenvalue weighted by Gasteiger charge is -2.11. The smallest absolute Gasteiger partial charge is 0.146 e. The van der Waals surface area contributed by atoms with Gasteiger partial charge >= 0.3 is 0 Å². The molecule has 0 aliphatic heterocycles. The van der Waals surface area contributed by atoms with Crippen LogP contribution in [0.1, 0.15) is 18.2 Å². The number of furan rings is 1. The van der Waals surface area contributed by atoms with Crippen molar-refractivity contribution in [1.82, 2.24) is 5.32 Å². The van der Waals surface area contributed by atoms with Crippen molar-refractivity contribution in [3.63, 3.8) is 0 Å². The maximum atomic E-state index is 13.2. The lowest BCUT2D eigenvalue weighted by atomic mass is 10.2. The third-order valence-electron chi connectivity index (χ3n) is 2.54. The summed E-state index contributed by atoms with van der Waals surface area (Å²) in [4.78, 5) is 0. The Morgan fingerprint density at radius 1 is 1.33 bits per heavy atom. The molecule has 3 nitrogen and oxygen atoms in total. The molecule has 96 valence electrons. The van der Waals surface area contributed by atoms with E-state index in [0.717, 1.165) is 17.9 Å². The first-order chi connectivity index (χ1) is 8.79. The van der Waals surface area contributed by atoms with Crippen LogP contribution in [0.15, 0.2) is 41.0 Å². The fraction of sp³-hybridized carbons (Fsp3) is 0.286. The van der Waals surface area contributed by atoms with Crippen LogP contribution in [0.4, 0.5) is 4.39 Å². The lowest BCUT2D eigenvalue weighted by molar-refractivity contribution is 0.267. The van der Waals surface area contributed by atoms with Crippen LogP contribution in [0.2, 0.25) is 0 Å². The van der Waals surface area contributed by atoms with Gasteiger partial charge in [-0.15, -0.1) is 0 Å². The van der Waals surface area contributed by atoms with E-state index in [4.69, 9.17) is 9.15 Å². The van der Waals surface area contributed by atoms with Crippen LogP contribution in [-0.4, -0.2) is 6.54 Å². The molecule has 0 bridgehead atoms. The maximum absolute atomic E-state index is 13.2. The number of hydrogen-bond donors (Lipinski definition) is 1. The summed E-state index contributed by atoms with van der Waals surface area (Å²) in [5.74, 6) is 1.16. The molecule has 0 saturated carbocycles. The highest BCUT2D eigenvalue weighted by Gasteiger charge is 2.06. The van der Waals surface area contributed by atoms with Gasteiger partial charge in [0.25, 0.3) is 0 Å². The normalized spacial score (nSPS) is 10.6. The minimum Gasteiger partial charge on any atom is -0.485 e. The van der Waals surface area contributed by atoms with Crippen LogP contribution >= 0.6 is 0 Å². The highest BCUT2D eigenvalue weighted by molar-refractivity contribution is 5.34. The van der Waals surface area contributed by atoms with E-state index < -0.39 is 0 Å². The fourth-order valence-corrected chi connectivity index (χ4v) is 1.63. The molecule has 18 heavy (non-hydrogen) atoms. The molecule has 0 unspecified atom stereocenters. The van der Waals surface area contributed by atoms with E-state index in [1.54, 1.807) is 12.3 Å². The van der Waals surface area contributed by atoms with Crippen molar-refractivity contribution >= 4 is 0 Å². The van der Waals surface area contributed by atoms with Gasteiger partial charge in [-0.25, -0.2) is 4.39 Å². The molecule has 0 atom stereocenters. The molecule has 0 saturated heterocycles. The number of rotatable bonds is 6. The van der Waals surface area contributed by atoms with Crippen molar-refractivity contribution in [2.75, 3.05) is 6.54 Å². The summed E-state index contributed by atoms with van der Waals surface area (Å²) in [5, 5.41) is 3.16. The van der Waals surface area contributed by atoms with Crippen molar-refractivity contribution in [3.05, 3.63) is 53.7 Å². The zero-order chi connectivity index (χ0) is 12.8. The topological polar surface area (TPSA) is 34.4 Å². The molecule has 1 heterocycles. The molecule has 1 N–H and O–H groups in total. The lowest BCUT2D eigenvalue weighted by Crippen LogP contribution is -2.13. The number of nitrogens with one attached hydrogen (secondary N) is 1. The Balaban J connectivity index is 2.05. The summed E-state index contributed by atoms with van der Waals surface area (Å²) >= 11 is 0. The van der Waals surface area contributed by atoms with E-state index in [1.807, 2.05) is 19.1 Å². The van der Waals surface area contributed by atoms with Gasteiger partial charge in [0.05, 0.1) is 6.26 Å². The third-order valence-corrected chi connectivity index (χ3v) is 2.54. The summed E-state index contributed by atoms with van der Waals surface area (Å²) in [6, 6.07) is 8.17. The summed E-state index contributed by atoms with van der Waals surface area (Å²) < 4.78 is 24.0. The average Bonchev–Trinajstić information content (AvgIpc) is 2.88. The van der Waals surface area contributed by atoms with Gasteiger partial charge in [-0.2, -0.15) is 0 Å². The SMILES string of the molecule is CCNCc1cc(F)ccc1OCc1ccco1. The average molecular weight is 249 g/mol. The summed E-state index contributed by atoms with van der Waals surface area (Å²) in [7, 11) is 0. The predicted molar refractivity (Wildman–Crippen MR) is 66.8 cm³/mol. The molecular weight excluding hydrogens is 233 g/mol. The Hall–Kier alpha value is -1.81. The number of hydrogen-bond acceptors (Lipinski definition) is 3. The molecule has 0 aliphatic rings. The zero-order valence-corrected chi connectivity index (χ0v) is 10.3. The molecule has 1 aromatic carbocycles. The molecule has 4 heteroatoms. The number of benzene rings is 1. The van der Waals surface area contributed by atoms with Gasteiger partial charge in [0, 0.05) is 12.1 Å². The Morgan fingerprint density at radius 2 is 2.22 bits per heavy atom. The number of halogens is 1. The third kappa shape index (κ3) is 3.34. The van der Waals surface area contributed by atoms with Crippen molar-refractivity contribution in [2.45, 2.75) is 20.1 Å². The van der Waals surface area contributed by atoms with Gasteiger partial charge in [0.1, 0.15) is 23.9 Å². The van der Waals surface area contributed by atoms with Gasteiger partial charge in [0.2, 0.25) is 0 Å². The molecule has 2 aromatic rings. The largest absolute Gasteiger partial charge is 0.485 e. The summed E-state index contributed by atoms with van der Waals surface area (Å²) in [6.45, 7) is 3.76. The van der Waals surface area contributed by atoms with Crippen LogP contribution in [0.3, 0.4) is 0 Å². The molecule has 1 aromatic heterocycles. The van der Waals surface area contributed by atoms with E-state index in [0.29, 0.717) is 18.9 Å². The van der Waals surface area contributed by atoms with E-state index in [-0.39, 0.29) is 5.82 Å². The van der Waals surface area contributed by atoms with Gasteiger partial charge in [0.15, 0.2) is 0 Å². The second kappa shape index (κ2) is 6.21. The Labute approximate surface area is 106 Å². The molecule has 0 fully saturated rings. The van der Waals surface area contributed by atoms with Gasteiger partial charge < -0.3 is 14.5 Å². The second-order valence-electron chi connectivity index (χ2n) is 3.90. The molecule has 0 radical (unpaired) electrons. The molecule has 0 aliphatic carbocycles. The fourth-order valence-electron chi connectivity index (χ4n) is 1.63. The standard InChI is InChI=1S/C14H16FNO2/c1-2-16-9-11-8-12(15)5-6-14(11)18-10-13-4-3-7-17-13/h3-8,16H,2,9-10H2,1H3. The van der Waals surface area contributed by atoms with Gasteiger partial charge in [-0.05, 0) is 36.9 Å². The van der Waals surface area contributed by atoms with Crippen LogP contribution in [0.5, 0.6) is 5.75 Å². The Morgan fingerprint density at radius 3 is 2.94 bits per heavy atom. The molecule has 0 spiro atoms. The minimum atomic E-state index is -0.256. The second-order valence-corrected chi connectivity index (χ2v) is 3.90. The first kappa shape index (κ1) is 12.6. The monoisotopic (exact) mass is 249 g/mol. The van der Waals surface area contributed by atoms with Crippen LogP contribution < -0.4 is 10.1 Å². The van der Waals surface area contributed by atoms with Crippen molar-refractivity contribution in [1.29, 1.82) is 0 Å². The van der Waals surface area contributed by atoms with Crippen LogP contribution in [-0.2, 0) is 13.2 Å². The number of ether oxygens (including phenoxy) is 1.